The van der Waals surface area contributed by atoms with Crippen LogP contribution in [0.1, 0.15) is 0 Å². The van der Waals surface area contributed by atoms with Gasteiger partial charge >= 0.3 is 0 Å². The van der Waals surface area contributed by atoms with Crippen LogP contribution in [0, 0.1) is 0 Å². The van der Waals surface area contributed by atoms with E-state index in [1.54, 1.807) is 0 Å². The van der Waals surface area contributed by atoms with Crippen molar-refractivity contribution in [1.82, 2.24) is 16.0 Å². The summed E-state index contributed by atoms with van der Waals surface area (Å²) in [6.45, 7) is 1.30. The van der Waals surface area contributed by atoms with E-state index in [-0.39, 0.29) is 26.4 Å². The van der Waals surface area contributed by atoms with E-state index in [1.165, 1.54) is 0 Å². The molecule has 0 aliphatic carbocycles. The third-order valence-electron chi connectivity index (χ3n) is 1.92. The summed E-state index contributed by atoms with van der Waals surface area (Å²) in [5.41, 5.74) is 5.60. The molecule has 0 unspecified atom stereocenters. The third-order valence-corrected chi connectivity index (χ3v) is 1.92. The van der Waals surface area contributed by atoms with Crippen molar-refractivity contribution in [1.29, 1.82) is 0 Å². The van der Waals surface area contributed by atoms with E-state index in [2.05, 4.69) is 16.0 Å². The van der Waals surface area contributed by atoms with Crippen molar-refractivity contribution >= 4 is 0 Å². The van der Waals surface area contributed by atoms with E-state index in [4.69, 9.17) is 21.1 Å². The number of nitrogens with one attached hydrogen (secondary N) is 3. The average molecular weight is 222 g/mol. The fraction of sp³-hybridized carbons (Fsp3) is 1.00. The molecule has 0 amide bonds. The number of nitrogens with two attached hydrogens (primary N) is 1. The highest BCUT2D eigenvalue weighted by molar-refractivity contribution is 4.83. The molecule has 0 aromatic heterocycles. The monoisotopic (exact) mass is 222 g/mol. The number of hydrogen-bond donors (Lipinski definition) is 7. The highest BCUT2D eigenvalue weighted by Gasteiger charge is 2.25. The average Bonchev–Trinajstić information content (AvgIpc) is 2.29. The van der Waals surface area contributed by atoms with Gasteiger partial charge in [0.05, 0.1) is 19.8 Å². The van der Waals surface area contributed by atoms with Crippen molar-refractivity contribution in [2.75, 3.05) is 46.0 Å². The second-order valence-corrected chi connectivity index (χ2v) is 3.06. The molecule has 0 spiro atoms. The minimum atomic E-state index is -0.756. The van der Waals surface area contributed by atoms with E-state index < -0.39 is 5.79 Å². The van der Waals surface area contributed by atoms with Crippen LogP contribution in [-0.4, -0.2) is 67.1 Å². The van der Waals surface area contributed by atoms with Crippen molar-refractivity contribution in [3.05, 3.63) is 0 Å². The Morgan fingerprint density at radius 2 is 1.13 bits per heavy atom. The summed E-state index contributed by atoms with van der Waals surface area (Å²) in [6.07, 6.45) is 0. The van der Waals surface area contributed by atoms with Gasteiger partial charge in [0, 0.05) is 26.2 Å². The van der Waals surface area contributed by atoms with Crippen molar-refractivity contribution in [3.63, 3.8) is 0 Å². The Balaban J connectivity index is 4.16. The Morgan fingerprint density at radius 3 is 1.33 bits per heavy atom. The normalized spacial score (nSPS) is 12.0. The number of aliphatic hydroxyl groups excluding tert-OH is 3. The van der Waals surface area contributed by atoms with E-state index >= 15 is 0 Å². The first-order valence-electron chi connectivity index (χ1n) is 5.02. The fourth-order valence-corrected chi connectivity index (χ4v) is 1.21. The largest absolute Gasteiger partial charge is 0.395 e. The Bertz CT molecular complexity index is 126. The van der Waals surface area contributed by atoms with E-state index in [1.807, 2.05) is 0 Å². The van der Waals surface area contributed by atoms with Gasteiger partial charge in [0.25, 0.3) is 0 Å². The number of rotatable bonds is 10. The van der Waals surface area contributed by atoms with Crippen molar-refractivity contribution < 1.29 is 15.3 Å². The molecule has 15 heavy (non-hydrogen) atoms. The van der Waals surface area contributed by atoms with Gasteiger partial charge in [0.15, 0.2) is 0 Å². The molecule has 0 radical (unpaired) electrons. The Hall–Kier alpha value is -0.280. The molecule has 0 rings (SSSR count). The summed E-state index contributed by atoms with van der Waals surface area (Å²) in [4.78, 5) is 0. The summed E-state index contributed by atoms with van der Waals surface area (Å²) < 4.78 is 0. The van der Waals surface area contributed by atoms with Gasteiger partial charge in [-0.25, -0.2) is 0 Å². The minimum Gasteiger partial charge on any atom is -0.395 e. The molecule has 0 saturated heterocycles. The fourth-order valence-electron chi connectivity index (χ4n) is 1.21. The van der Waals surface area contributed by atoms with E-state index in [0.29, 0.717) is 19.6 Å². The summed E-state index contributed by atoms with van der Waals surface area (Å²) >= 11 is 0. The van der Waals surface area contributed by atoms with E-state index in [9.17, 15) is 0 Å². The van der Waals surface area contributed by atoms with Crippen LogP contribution in [0.5, 0.6) is 0 Å². The molecule has 0 fully saturated rings. The van der Waals surface area contributed by atoms with Crippen LogP contribution in [0.4, 0.5) is 0 Å². The minimum absolute atomic E-state index is 0.0106. The lowest BCUT2D eigenvalue weighted by Crippen LogP contribution is -2.71. The van der Waals surface area contributed by atoms with Crippen molar-refractivity contribution in [2.45, 2.75) is 5.79 Å². The number of aliphatic hydroxyl groups is 3. The van der Waals surface area contributed by atoms with Gasteiger partial charge in [-0.05, 0) is 0 Å². The zero-order valence-electron chi connectivity index (χ0n) is 8.87. The lowest BCUT2D eigenvalue weighted by molar-refractivity contribution is 0.157. The molecule has 0 aliphatic rings. The summed E-state index contributed by atoms with van der Waals surface area (Å²) in [5, 5.41) is 35.1. The standard InChI is InChI=1S/C8H22N4O3/c9-7-8(10-1-4-13,11-2-5-14)12-3-6-15/h10-15H,1-7,9H2. The Labute approximate surface area is 89.7 Å². The maximum atomic E-state index is 8.72. The third kappa shape index (κ3) is 6.00. The van der Waals surface area contributed by atoms with Gasteiger partial charge < -0.3 is 21.1 Å². The molecule has 0 aliphatic heterocycles. The lowest BCUT2D eigenvalue weighted by Gasteiger charge is -2.35. The zero-order chi connectivity index (χ0) is 11.6. The summed E-state index contributed by atoms with van der Waals surface area (Å²) in [5.74, 6) is -0.756. The van der Waals surface area contributed by atoms with E-state index in [0.717, 1.165) is 0 Å². The number of hydrogen-bond acceptors (Lipinski definition) is 7. The molecule has 7 nitrogen and oxygen atoms in total. The Morgan fingerprint density at radius 1 is 0.800 bits per heavy atom. The lowest BCUT2D eigenvalue weighted by atomic mass is 10.3. The smallest absolute Gasteiger partial charge is 0.136 e. The van der Waals surface area contributed by atoms with Gasteiger partial charge in [0.1, 0.15) is 5.79 Å². The molecule has 0 saturated carbocycles. The van der Waals surface area contributed by atoms with Crippen LogP contribution < -0.4 is 21.7 Å². The summed E-state index contributed by atoms with van der Waals surface area (Å²) in [6, 6.07) is 0. The molecular weight excluding hydrogens is 200 g/mol. The first kappa shape index (κ1) is 14.7. The molecule has 7 heteroatoms. The van der Waals surface area contributed by atoms with Crippen LogP contribution in [0.25, 0.3) is 0 Å². The van der Waals surface area contributed by atoms with Gasteiger partial charge in [-0.15, -0.1) is 0 Å². The second-order valence-electron chi connectivity index (χ2n) is 3.06. The maximum Gasteiger partial charge on any atom is 0.136 e. The van der Waals surface area contributed by atoms with Gasteiger partial charge in [-0.3, -0.25) is 16.0 Å². The zero-order valence-corrected chi connectivity index (χ0v) is 8.87. The maximum absolute atomic E-state index is 8.72. The van der Waals surface area contributed by atoms with Gasteiger partial charge in [0.2, 0.25) is 0 Å². The van der Waals surface area contributed by atoms with Crippen LogP contribution in [0.3, 0.4) is 0 Å². The molecular formula is C8H22N4O3. The van der Waals surface area contributed by atoms with Crippen LogP contribution in [0.2, 0.25) is 0 Å². The molecule has 92 valence electrons. The molecule has 0 atom stereocenters. The Kier molecular flexibility index (Phi) is 8.82. The van der Waals surface area contributed by atoms with Crippen molar-refractivity contribution in [2.24, 2.45) is 5.73 Å². The first-order valence-corrected chi connectivity index (χ1v) is 5.02. The predicted molar refractivity (Wildman–Crippen MR) is 57.1 cm³/mol. The molecule has 0 bridgehead atoms. The molecule has 8 N–H and O–H groups in total. The van der Waals surface area contributed by atoms with Gasteiger partial charge in [-0.2, -0.15) is 0 Å². The second kappa shape index (κ2) is 8.98. The van der Waals surface area contributed by atoms with Crippen molar-refractivity contribution in [3.8, 4) is 0 Å². The predicted octanol–water partition coefficient (Wildman–Crippen LogP) is -3.66. The molecule has 0 aromatic carbocycles. The highest BCUT2D eigenvalue weighted by atomic mass is 16.3. The van der Waals surface area contributed by atoms with Crippen LogP contribution >= 0.6 is 0 Å². The highest BCUT2D eigenvalue weighted by Crippen LogP contribution is 1.91. The van der Waals surface area contributed by atoms with Crippen LogP contribution in [-0.2, 0) is 0 Å². The first-order chi connectivity index (χ1) is 7.24. The summed E-state index contributed by atoms with van der Waals surface area (Å²) in [7, 11) is 0. The molecule has 0 aromatic rings. The van der Waals surface area contributed by atoms with Gasteiger partial charge in [-0.1, -0.05) is 0 Å². The van der Waals surface area contributed by atoms with Crippen LogP contribution in [0.15, 0.2) is 0 Å². The topological polar surface area (TPSA) is 123 Å². The quantitative estimate of drug-likeness (QED) is 0.190. The SMILES string of the molecule is NCC(NCCO)(NCCO)NCCO. The molecule has 0 heterocycles.